The van der Waals surface area contributed by atoms with Crippen LogP contribution in [0.3, 0.4) is 0 Å². The lowest BCUT2D eigenvalue weighted by atomic mass is 10.1. The Morgan fingerprint density at radius 3 is 2.68 bits per heavy atom. The molecule has 1 N–H and O–H groups in total. The molecule has 0 aliphatic heterocycles. The van der Waals surface area contributed by atoms with E-state index in [9.17, 15) is 8.78 Å². The van der Waals surface area contributed by atoms with Gasteiger partial charge in [0, 0.05) is 12.1 Å². The van der Waals surface area contributed by atoms with E-state index in [1.54, 1.807) is 6.07 Å². The summed E-state index contributed by atoms with van der Waals surface area (Å²) in [6.07, 6.45) is 0. The number of benzene rings is 2. The van der Waals surface area contributed by atoms with Crippen molar-refractivity contribution in [1.29, 1.82) is 0 Å². The van der Waals surface area contributed by atoms with Crippen molar-refractivity contribution in [3.8, 4) is 0 Å². The number of aryl methyl sites for hydroxylation is 1. The van der Waals surface area contributed by atoms with Crippen LogP contribution in [0.15, 0.2) is 34.8 Å². The van der Waals surface area contributed by atoms with E-state index in [2.05, 4.69) is 21.2 Å². The van der Waals surface area contributed by atoms with E-state index in [0.29, 0.717) is 10.7 Å². The van der Waals surface area contributed by atoms with Crippen LogP contribution in [0.1, 0.15) is 11.1 Å². The molecule has 2 aromatic rings. The number of nitrogens with one attached hydrogen (secondary N) is 1. The molecule has 2 aromatic carbocycles. The minimum absolute atomic E-state index is 0.0213. The van der Waals surface area contributed by atoms with E-state index in [-0.39, 0.29) is 16.6 Å². The van der Waals surface area contributed by atoms with Crippen molar-refractivity contribution >= 4 is 33.2 Å². The van der Waals surface area contributed by atoms with Crippen molar-refractivity contribution in [2.24, 2.45) is 0 Å². The molecule has 5 heteroatoms. The second-order valence-corrected chi connectivity index (χ2v) is 5.42. The zero-order chi connectivity index (χ0) is 14.0. The van der Waals surface area contributed by atoms with Gasteiger partial charge >= 0.3 is 0 Å². The van der Waals surface area contributed by atoms with E-state index in [4.69, 9.17) is 11.6 Å². The van der Waals surface area contributed by atoms with Gasteiger partial charge < -0.3 is 5.32 Å². The van der Waals surface area contributed by atoms with Crippen LogP contribution in [0.2, 0.25) is 5.02 Å². The maximum absolute atomic E-state index is 13.8. The van der Waals surface area contributed by atoms with Crippen molar-refractivity contribution in [2.75, 3.05) is 5.32 Å². The Kier molecular flexibility index (Phi) is 4.42. The third-order valence-corrected chi connectivity index (χ3v) is 3.66. The van der Waals surface area contributed by atoms with Gasteiger partial charge in [-0.3, -0.25) is 0 Å². The van der Waals surface area contributed by atoms with Crippen LogP contribution in [-0.4, -0.2) is 0 Å². The maximum Gasteiger partial charge on any atom is 0.145 e. The molecule has 0 amide bonds. The summed E-state index contributed by atoms with van der Waals surface area (Å²) in [6.45, 7) is 1.95. The predicted molar refractivity (Wildman–Crippen MR) is 77.6 cm³/mol. The summed E-state index contributed by atoms with van der Waals surface area (Å²) in [5.41, 5.74) is 1.65. The van der Waals surface area contributed by atoms with E-state index < -0.39 is 11.6 Å². The van der Waals surface area contributed by atoms with Crippen molar-refractivity contribution in [2.45, 2.75) is 13.5 Å². The summed E-state index contributed by atoms with van der Waals surface area (Å²) in [4.78, 5) is 0. The summed E-state index contributed by atoms with van der Waals surface area (Å²) in [5.74, 6) is -1.19. The van der Waals surface area contributed by atoms with Gasteiger partial charge in [0.2, 0.25) is 0 Å². The molecule has 0 aromatic heterocycles. The molecule has 0 heterocycles. The van der Waals surface area contributed by atoms with Gasteiger partial charge in [-0.15, -0.1) is 0 Å². The third kappa shape index (κ3) is 3.25. The number of rotatable bonds is 3. The first-order valence-corrected chi connectivity index (χ1v) is 6.78. The predicted octanol–water partition coefficient (Wildman–Crippen LogP) is 5.30. The molecule has 0 atom stereocenters. The molecule has 0 radical (unpaired) electrons. The van der Waals surface area contributed by atoms with E-state index in [1.807, 2.05) is 19.1 Å². The van der Waals surface area contributed by atoms with Crippen LogP contribution >= 0.6 is 27.5 Å². The van der Waals surface area contributed by atoms with Gasteiger partial charge in [0.1, 0.15) is 11.6 Å². The molecule has 0 aliphatic rings. The molecule has 1 nitrogen and oxygen atoms in total. The zero-order valence-corrected chi connectivity index (χ0v) is 12.4. The number of hydrogen-bond acceptors (Lipinski definition) is 1. The molecule has 2 rings (SSSR count). The van der Waals surface area contributed by atoms with Gasteiger partial charge in [0.25, 0.3) is 0 Å². The van der Waals surface area contributed by atoms with Crippen LogP contribution < -0.4 is 5.32 Å². The Bertz CT molecular complexity index is 617. The first kappa shape index (κ1) is 14.3. The van der Waals surface area contributed by atoms with Crippen molar-refractivity contribution < 1.29 is 8.78 Å². The van der Waals surface area contributed by atoms with Crippen LogP contribution in [-0.2, 0) is 6.54 Å². The molecule has 100 valence electrons. The highest BCUT2D eigenvalue weighted by molar-refractivity contribution is 9.10. The van der Waals surface area contributed by atoms with Crippen LogP contribution in [0.25, 0.3) is 0 Å². The summed E-state index contributed by atoms with van der Waals surface area (Å²) in [5, 5.41) is 3.46. The molecule has 0 saturated carbocycles. The summed E-state index contributed by atoms with van der Waals surface area (Å²) < 4.78 is 27.6. The van der Waals surface area contributed by atoms with Crippen LogP contribution in [0.4, 0.5) is 14.5 Å². The largest absolute Gasteiger partial charge is 0.380 e. The summed E-state index contributed by atoms with van der Waals surface area (Å²) in [6, 6.07) is 8.01. The zero-order valence-electron chi connectivity index (χ0n) is 10.1. The second-order valence-electron chi connectivity index (χ2n) is 4.16. The average molecular weight is 347 g/mol. The summed E-state index contributed by atoms with van der Waals surface area (Å²) >= 11 is 9.05. The van der Waals surface area contributed by atoms with Gasteiger partial charge in [-0.25, -0.2) is 8.78 Å². The molecule has 0 spiro atoms. The smallest absolute Gasteiger partial charge is 0.145 e. The van der Waals surface area contributed by atoms with Gasteiger partial charge in [0.15, 0.2) is 0 Å². The van der Waals surface area contributed by atoms with Crippen LogP contribution in [0, 0.1) is 18.6 Å². The number of anilines is 1. The van der Waals surface area contributed by atoms with Gasteiger partial charge in [0.05, 0.1) is 15.2 Å². The fourth-order valence-electron chi connectivity index (χ4n) is 1.69. The molecular formula is C14H11BrClF2N. The highest BCUT2D eigenvalue weighted by atomic mass is 79.9. The van der Waals surface area contributed by atoms with Crippen LogP contribution in [0.5, 0.6) is 0 Å². The molecule has 0 unspecified atom stereocenters. The minimum Gasteiger partial charge on any atom is -0.380 e. The molecule has 0 bridgehead atoms. The monoisotopic (exact) mass is 345 g/mol. The number of hydrogen-bond donors (Lipinski definition) is 1. The van der Waals surface area contributed by atoms with Gasteiger partial charge in [-0.2, -0.15) is 0 Å². The minimum atomic E-state index is -0.601. The average Bonchev–Trinajstić information content (AvgIpc) is 2.38. The Hall–Kier alpha value is -1.13. The second kappa shape index (κ2) is 5.88. The lowest BCUT2D eigenvalue weighted by molar-refractivity contribution is 0.555. The Morgan fingerprint density at radius 1 is 1.21 bits per heavy atom. The third-order valence-electron chi connectivity index (χ3n) is 2.72. The first-order chi connectivity index (χ1) is 8.99. The maximum atomic E-state index is 13.8. The Balaban J connectivity index is 2.24. The molecule has 0 aliphatic carbocycles. The fourth-order valence-corrected chi connectivity index (χ4v) is 2.25. The quantitative estimate of drug-likeness (QED) is 0.744. The summed E-state index contributed by atoms with van der Waals surface area (Å²) in [7, 11) is 0. The van der Waals surface area contributed by atoms with Crippen molar-refractivity contribution in [3.05, 3.63) is 62.6 Å². The Labute approximate surface area is 123 Å². The molecule has 19 heavy (non-hydrogen) atoms. The highest BCUT2D eigenvalue weighted by Gasteiger charge is 2.12. The Morgan fingerprint density at radius 2 is 1.95 bits per heavy atom. The first-order valence-electron chi connectivity index (χ1n) is 5.61. The number of halogens is 4. The lowest BCUT2D eigenvalue weighted by Gasteiger charge is -2.11. The standard InChI is InChI=1S/C14H11BrClF2N/c1-8-2-4-11(16)13(6-8)19-7-9-12(17)5-3-10(15)14(9)18/h2-6,19H,7H2,1H3. The van der Waals surface area contributed by atoms with Crippen molar-refractivity contribution in [3.63, 3.8) is 0 Å². The van der Waals surface area contributed by atoms with Gasteiger partial charge in [-0.05, 0) is 52.7 Å². The fraction of sp³-hybridized carbons (Fsp3) is 0.143. The van der Waals surface area contributed by atoms with E-state index in [1.165, 1.54) is 12.1 Å². The SMILES string of the molecule is Cc1ccc(Cl)c(NCc2c(F)ccc(Br)c2F)c1. The van der Waals surface area contributed by atoms with E-state index in [0.717, 1.165) is 5.56 Å². The topological polar surface area (TPSA) is 12.0 Å². The van der Waals surface area contributed by atoms with Crippen molar-refractivity contribution in [1.82, 2.24) is 0 Å². The highest BCUT2D eigenvalue weighted by Crippen LogP contribution is 2.26. The lowest BCUT2D eigenvalue weighted by Crippen LogP contribution is -2.05. The van der Waals surface area contributed by atoms with E-state index >= 15 is 0 Å². The molecule has 0 saturated heterocycles. The van der Waals surface area contributed by atoms with Gasteiger partial charge in [-0.1, -0.05) is 17.7 Å². The molecule has 0 fully saturated rings. The molecular weight excluding hydrogens is 336 g/mol. The normalized spacial score (nSPS) is 10.6.